The molecule has 3 aromatic carbocycles. The van der Waals surface area contributed by atoms with Crippen LogP contribution in [0, 0.1) is 0 Å². The Balaban J connectivity index is 2.08. The molecule has 0 saturated carbocycles. The molecule has 3 N–H and O–H groups in total. The lowest BCUT2D eigenvalue weighted by Gasteiger charge is -2.20. The van der Waals surface area contributed by atoms with E-state index in [1.807, 2.05) is 0 Å². The maximum Gasteiger partial charge on any atom is 0.186 e. The second-order valence-electron chi connectivity index (χ2n) is 5.56. The number of hydrogen-bond donors (Lipinski definition) is 3. The molecule has 0 aliphatic rings. The van der Waals surface area contributed by atoms with Crippen molar-refractivity contribution < 1.29 is 26.3 Å². The summed E-state index contributed by atoms with van der Waals surface area (Å²) in [6.07, 6.45) is 0. The van der Waals surface area contributed by atoms with Crippen LogP contribution >= 0.6 is 7.92 Å². The van der Waals surface area contributed by atoms with Gasteiger partial charge < -0.3 is 13.7 Å². The van der Waals surface area contributed by atoms with Crippen LogP contribution in [0.3, 0.4) is 0 Å². The average Bonchev–Trinajstić information content (AvgIpc) is 2.69. The van der Waals surface area contributed by atoms with Crippen LogP contribution in [-0.4, -0.2) is 26.3 Å². The molecule has 0 aliphatic heterocycles. The predicted octanol–water partition coefficient (Wildman–Crippen LogP) is 2.19. The third-order valence-electron chi connectivity index (χ3n) is 3.89. The third-order valence-corrected chi connectivity index (χ3v) is 8.36. The Kier molecular flexibility index (Phi) is 7.00. The van der Waals surface area contributed by atoms with Gasteiger partial charge in [-0.25, -0.2) is 12.6 Å². The molecule has 3 aromatic rings. The van der Waals surface area contributed by atoms with Crippen molar-refractivity contribution in [3.63, 3.8) is 0 Å². The molecule has 0 amide bonds. The highest BCUT2D eigenvalue weighted by Crippen LogP contribution is 2.33. The van der Waals surface area contributed by atoms with Crippen LogP contribution in [0.15, 0.2) is 87.5 Å². The van der Waals surface area contributed by atoms with E-state index in [-0.39, 0.29) is 14.7 Å². The second kappa shape index (κ2) is 9.28. The van der Waals surface area contributed by atoms with Gasteiger partial charge in [-0.2, -0.15) is 0 Å². The summed E-state index contributed by atoms with van der Waals surface area (Å²) in [5, 5.41) is 2.71. The fourth-order valence-electron chi connectivity index (χ4n) is 2.58. The zero-order chi connectivity index (χ0) is 20.3. The molecule has 0 bridgehead atoms. The molecule has 0 saturated heterocycles. The Morgan fingerprint density at radius 2 is 0.679 bits per heavy atom. The van der Waals surface area contributed by atoms with Crippen LogP contribution < -0.4 is 15.9 Å². The van der Waals surface area contributed by atoms with Crippen LogP contribution in [0.25, 0.3) is 0 Å². The Morgan fingerprint density at radius 1 is 0.464 bits per heavy atom. The molecule has 0 heterocycles. The van der Waals surface area contributed by atoms with E-state index in [1.165, 1.54) is 0 Å². The summed E-state index contributed by atoms with van der Waals surface area (Å²) in [4.78, 5) is 0.863. The fraction of sp³-hybridized carbons (Fsp3) is 0. The van der Waals surface area contributed by atoms with Crippen molar-refractivity contribution in [2.45, 2.75) is 14.7 Å². The second-order valence-corrected chi connectivity index (χ2v) is 10.7. The highest BCUT2D eigenvalue weighted by molar-refractivity contribution is 7.80. The van der Waals surface area contributed by atoms with Crippen LogP contribution in [0.2, 0.25) is 0 Å². The van der Waals surface area contributed by atoms with E-state index in [2.05, 4.69) is 0 Å². The first-order chi connectivity index (χ1) is 13.4. The van der Waals surface area contributed by atoms with Gasteiger partial charge >= 0.3 is 0 Å². The Labute approximate surface area is 170 Å². The molecule has 28 heavy (non-hydrogen) atoms. The van der Waals surface area contributed by atoms with Gasteiger partial charge in [-0.3, -0.25) is 0 Å². The molecule has 0 aromatic heterocycles. The van der Waals surface area contributed by atoms with Gasteiger partial charge in [0, 0.05) is 0 Å². The van der Waals surface area contributed by atoms with Crippen molar-refractivity contribution in [1.29, 1.82) is 0 Å². The van der Waals surface area contributed by atoms with Crippen LogP contribution in [0.4, 0.5) is 0 Å². The topological polar surface area (TPSA) is 112 Å². The maximum atomic E-state index is 11.2. The number of rotatable bonds is 6. The highest BCUT2D eigenvalue weighted by atomic mass is 32.2. The van der Waals surface area contributed by atoms with Gasteiger partial charge in [0.1, 0.15) is 0 Å². The van der Waals surface area contributed by atoms with Gasteiger partial charge in [-0.15, -0.1) is 0 Å². The number of benzene rings is 3. The van der Waals surface area contributed by atoms with Crippen molar-refractivity contribution in [2.75, 3.05) is 0 Å². The van der Waals surface area contributed by atoms with E-state index in [1.54, 1.807) is 72.8 Å². The number of hydrogen-bond acceptors (Lipinski definition) is 3. The summed E-state index contributed by atoms with van der Waals surface area (Å²) in [6, 6.07) is 20.1. The summed E-state index contributed by atoms with van der Waals surface area (Å²) in [5.74, 6) is 0. The normalized spacial score (nSPS) is 15.5. The van der Waals surface area contributed by atoms with Crippen molar-refractivity contribution in [3.8, 4) is 0 Å². The summed E-state index contributed by atoms with van der Waals surface area (Å²) in [5.41, 5.74) is 0. The molecule has 146 valence electrons. The summed E-state index contributed by atoms with van der Waals surface area (Å²) in [7, 11) is -1.08. The lowest BCUT2D eigenvalue weighted by atomic mass is 10.3. The molecule has 10 heteroatoms. The highest BCUT2D eigenvalue weighted by Gasteiger charge is 2.18. The quantitative estimate of drug-likeness (QED) is 0.389. The zero-order valence-electron chi connectivity index (χ0n) is 14.2. The molecular weight excluding hydrogens is 439 g/mol. The van der Waals surface area contributed by atoms with Crippen molar-refractivity contribution in [2.24, 2.45) is 0 Å². The standard InChI is InChI=1S/C18H15O6PS3/c19-26(20)16-7-1-13(2-8-16)25(14-3-9-17(10-4-14)27(21)22)15-5-11-18(12-6-15)28(23)24/h1-12H,(H,19,20)(H,21,22)(H,23,24). The van der Waals surface area contributed by atoms with E-state index in [4.69, 9.17) is 0 Å². The minimum absolute atomic E-state index is 0.288. The lowest BCUT2D eigenvalue weighted by Crippen LogP contribution is -2.21. The first kappa shape index (κ1) is 21.1. The fourth-order valence-corrected chi connectivity index (χ4v) is 5.92. The SMILES string of the molecule is O=S(O)c1ccc(P(c2ccc(S(=O)O)cc2)c2ccc(S(=O)O)cc2)cc1. The van der Waals surface area contributed by atoms with Gasteiger partial charge in [-0.1, -0.05) is 36.4 Å². The van der Waals surface area contributed by atoms with E-state index < -0.39 is 41.2 Å². The van der Waals surface area contributed by atoms with Crippen LogP contribution in [-0.2, 0) is 33.2 Å². The lowest BCUT2D eigenvalue weighted by molar-refractivity contribution is 0.563. The Morgan fingerprint density at radius 3 is 0.857 bits per heavy atom. The van der Waals surface area contributed by atoms with Crippen molar-refractivity contribution in [1.82, 2.24) is 0 Å². The van der Waals surface area contributed by atoms with Gasteiger partial charge in [0.2, 0.25) is 0 Å². The van der Waals surface area contributed by atoms with Crippen molar-refractivity contribution in [3.05, 3.63) is 72.8 Å². The monoisotopic (exact) mass is 454 g/mol. The maximum absolute atomic E-state index is 11.2. The minimum atomic E-state index is -2.07. The summed E-state index contributed by atoms with van der Waals surface area (Å²) in [6.45, 7) is 0. The predicted molar refractivity (Wildman–Crippen MR) is 112 cm³/mol. The van der Waals surface area contributed by atoms with E-state index in [0.717, 1.165) is 15.9 Å². The molecule has 0 radical (unpaired) electrons. The first-order valence-corrected chi connectivity index (χ1v) is 12.5. The van der Waals surface area contributed by atoms with Crippen molar-refractivity contribution >= 4 is 57.1 Å². The van der Waals surface area contributed by atoms with E-state index in [9.17, 15) is 26.3 Å². The molecule has 0 spiro atoms. The van der Waals surface area contributed by atoms with E-state index in [0.29, 0.717) is 0 Å². The van der Waals surface area contributed by atoms with E-state index >= 15 is 0 Å². The zero-order valence-corrected chi connectivity index (χ0v) is 17.5. The molecular formula is C18H15O6PS3. The Bertz CT molecular complexity index is 900. The van der Waals surface area contributed by atoms with Crippen LogP contribution in [0.5, 0.6) is 0 Å². The largest absolute Gasteiger partial charge is 0.302 e. The third kappa shape index (κ3) is 4.87. The Hall–Kier alpha value is -1.58. The van der Waals surface area contributed by atoms with Gasteiger partial charge in [-0.05, 0) is 60.2 Å². The molecule has 3 atom stereocenters. The molecule has 3 unspecified atom stereocenters. The average molecular weight is 454 g/mol. The van der Waals surface area contributed by atoms with Gasteiger partial charge in [0.15, 0.2) is 33.2 Å². The molecule has 3 rings (SSSR count). The minimum Gasteiger partial charge on any atom is -0.302 e. The molecule has 0 fully saturated rings. The summed E-state index contributed by atoms with van der Waals surface area (Å²) >= 11 is -6.22. The smallest absolute Gasteiger partial charge is 0.186 e. The van der Waals surface area contributed by atoms with Crippen LogP contribution in [0.1, 0.15) is 0 Å². The molecule has 6 nitrogen and oxygen atoms in total. The van der Waals surface area contributed by atoms with Gasteiger partial charge in [0.05, 0.1) is 14.7 Å². The van der Waals surface area contributed by atoms with Gasteiger partial charge in [0.25, 0.3) is 0 Å². The molecule has 0 aliphatic carbocycles. The first-order valence-electron chi connectivity index (χ1n) is 7.80. The summed E-state index contributed by atoms with van der Waals surface area (Å²) < 4.78 is 61.4.